The normalized spacial score (nSPS) is 13.7. The molecule has 0 unspecified atom stereocenters. The number of piperazine rings is 1. The molecule has 0 bridgehead atoms. The largest absolute Gasteiger partial charge is 0.473 e. The summed E-state index contributed by atoms with van der Waals surface area (Å²) in [6, 6.07) is 16.1. The van der Waals surface area contributed by atoms with Gasteiger partial charge in [0.25, 0.3) is 0 Å². The van der Waals surface area contributed by atoms with Crippen LogP contribution in [-0.4, -0.2) is 65.7 Å². The van der Waals surface area contributed by atoms with E-state index >= 15 is 0 Å². The Labute approximate surface area is 186 Å². The topological polar surface area (TPSA) is 110 Å². The number of para-hydroxylation sites is 1. The first kappa shape index (κ1) is 24.2. The number of amides is 1. The molecule has 2 aromatic carbocycles. The molecule has 1 aliphatic rings. The van der Waals surface area contributed by atoms with Crippen LogP contribution in [0.2, 0.25) is 5.02 Å². The molecule has 0 saturated carbocycles. The van der Waals surface area contributed by atoms with E-state index in [1.54, 1.807) is 0 Å². The average Bonchev–Trinajstić information content (AvgIpc) is 2.77. The van der Waals surface area contributed by atoms with Crippen LogP contribution in [0.15, 0.2) is 48.5 Å². The van der Waals surface area contributed by atoms with E-state index in [2.05, 4.69) is 39.4 Å². The molecule has 2 aromatic rings. The standard InChI is InChI=1S/C20H24ClN3O.C2H2O4/c1-16-18(21)8-5-9-19(16)22-20(25)10-11-23-12-14-24(15-13-23)17-6-3-2-4-7-17;3-1(4)2(5)6/h2-9H,10-15H2,1H3,(H,22,25);(H,3,4)(H,5,6). The van der Waals surface area contributed by atoms with Crippen molar-refractivity contribution in [3.63, 3.8) is 0 Å². The van der Waals surface area contributed by atoms with E-state index < -0.39 is 11.9 Å². The van der Waals surface area contributed by atoms with Crippen molar-refractivity contribution in [2.24, 2.45) is 0 Å². The molecule has 1 amide bonds. The predicted octanol–water partition coefficient (Wildman–Crippen LogP) is 2.95. The van der Waals surface area contributed by atoms with Gasteiger partial charge in [-0.3, -0.25) is 9.69 Å². The second-order valence-electron chi connectivity index (χ2n) is 6.99. The van der Waals surface area contributed by atoms with Crippen molar-refractivity contribution >= 4 is 40.8 Å². The number of halogens is 1. The Kier molecular flexibility index (Phi) is 9.30. The first-order chi connectivity index (χ1) is 14.8. The Morgan fingerprint density at radius 2 is 1.55 bits per heavy atom. The molecular weight excluding hydrogens is 422 g/mol. The summed E-state index contributed by atoms with van der Waals surface area (Å²) in [7, 11) is 0. The van der Waals surface area contributed by atoms with Crippen LogP contribution >= 0.6 is 11.6 Å². The van der Waals surface area contributed by atoms with E-state index in [4.69, 9.17) is 31.4 Å². The molecule has 0 aliphatic carbocycles. The van der Waals surface area contributed by atoms with Gasteiger partial charge in [-0.2, -0.15) is 0 Å². The van der Waals surface area contributed by atoms with Gasteiger partial charge in [-0.1, -0.05) is 35.9 Å². The maximum atomic E-state index is 12.2. The van der Waals surface area contributed by atoms with Crippen molar-refractivity contribution in [1.29, 1.82) is 0 Å². The second-order valence-corrected chi connectivity index (χ2v) is 7.39. The highest BCUT2D eigenvalue weighted by atomic mass is 35.5. The predicted molar refractivity (Wildman–Crippen MR) is 120 cm³/mol. The van der Waals surface area contributed by atoms with Gasteiger partial charge < -0.3 is 20.4 Å². The summed E-state index contributed by atoms with van der Waals surface area (Å²) in [5.74, 6) is -3.61. The van der Waals surface area contributed by atoms with Crippen LogP contribution in [0.3, 0.4) is 0 Å². The minimum atomic E-state index is -1.82. The lowest BCUT2D eigenvalue weighted by molar-refractivity contribution is -0.159. The molecule has 3 rings (SSSR count). The highest BCUT2D eigenvalue weighted by Crippen LogP contribution is 2.23. The van der Waals surface area contributed by atoms with Crippen molar-refractivity contribution in [2.45, 2.75) is 13.3 Å². The van der Waals surface area contributed by atoms with Crippen LogP contribution in [0.5, 0.6) is 0 Å². The molecule has 0 radical (unpaired) electrons. The number of carbonyl (C=O) groups excluding carboxylic acids is 1. The summed E-state index contributed by atoms with van der Waals surface area (Å²) in [5, 5.41) is 18.4. The molecule has 9 heteroatoms. The number of anilines is 2. The number of carboxylic acid groups (broad SMARTS) is 2. The maximum Gasteiger partial charge on any atom is 0.414 e. The van der Waals surface area contributed by atoms with Crippen molar-refractivity contribution < 1.29 is 24.6 Å². The van der Waals surface area contributed by atoms with Gasteiger partial charge >= 0.3 is 11.9 Å². The maximum absolute atomic E-state index is 12.2. The average molecular weight is 448 g/mol. The number of rotatable bonds is 5. The molecule has 8 nitrogen and oxygen atoms in total. The van der Waals surface area contributed by atoms with Crippen LogP contribution in [0.1, 0.15) is 12.0 Å². The van der Waals surface area contributed by atoms with E-state index in [1.807, 2.05) is 31.2 Å². The molecule has 1 heterocycles. The second kappa shape index (κ2) is 11.9. The molecule has 0 atom stereocenters. The smallest absolute Gasteiger partial charge is 0.414 e. The Balaban J connectivity index is 0.000000501. The van der Waals surface area contributed by atoms with Gasteiger partial charge in [0, 0.05) is 55.5 Å². The third-order valence-corrected chi connectivity index (χ3v) is 5.28. The third-order valence-electron chi connectivity index (χ3n) is 4.87. The summed E-state index contributed by atoms with van der Waals surface area (Å²) in [6.07, 6.45) is 0.497. The van der Waals surface area contributed by atoms with Gasteiger partial charge in [0.2, 0.25) is 5.91 Å². The van der Waals surface area contributed by atoms with Gasteiger partial charge in [0.05, 0.1) is 0 Å². The molecule has 0 spiro atoms. The number of benzene rings is 2. The number of carbonyl (C=O) groups is 3. The van der Waals surface area contributed by atoms with Gasteiger partial charge in [0.15, 0.2) is 0 Å². The lowest BCUT2D eigenvalue weighted by Crippen LogP contribution is -2.47. The zero-order valence-corrected chi connectivity index (χ0v) is 18.0. The molecule has 31 heavy (non-hydrogen) atoms. The van der Waals surface area contributed by atoms with Gasteiger partial charge in [-0.05, 0) is 36.8 Å². The fourth-order valence-corrected chi connectivity index (χ4v) is 3.26. The van der Waals surface area contributed by atoms with Crippen LogP contribution in [0.25, 0.3) is 0 Å². The van der Waals surface area contributed by atoms with Crippen molar-refractivity contribution in [3.05, 3.63) is 59.1 Å². The fraction of sp³-hybridized carbons (Fsp3) is 0.318. The van der Waals surface area contributed by atoms with Gasteiger partial charge in [-0.25, -0.2) is 9.59 Å². The molecule has 1 aliphatic heterocycles. The van der Waals surface area contributed by atoms with Crippen molar-refractivity contribution in [3.8, 4) is 0 Å². The first-order valence-corrected chi connectivity index (χ1v) is 10.2. The Hall–Kier alpha value is -3.10. The molecular formula is C22H26ClN3O5. The van der Waals surface area contributed by atoms with Crippen LogP contribution in [0, 0.1) is 6.92 Å². The summed E-state index contributed by atoms with van der Waals surface area (Å²) in [6.45, 7) is 6.67. The summed E-state index contributed by atoms with van der Waals surface area (Å²) >= 11 is 6.10. The number of nitrogens with zero attached hydrogens (tertiary/aromatic N) is 2. The Morgan fingerprint density at radius 3 is 2.13 bits per heavy atom. The highest BCUT2D eigenvalue weighted by Gasteiger charge is 2.17. The summed E-state index contributed by atoms with van der Waals surface area (Å²) in [4.78, 5) is 35.2. The molecule has 1 fully saturated rings. The number of hydrogen-bond acceptors (Lipinski definition) is 5. The third kappa shape index (κ3) is 7.92. The highest BCUT2D eigenvalue weighted by molar-refractivity contribution is 6.31. The van der Waals surface area contributed by atoms with Crippen molar-refractivity contribution in [1.82, 2.24) is 4.90 Å². The SMILES string of the molecule is Cc1c(Cl)cccc1NC(=O)CCN1CCN(c2ccccc2)CC1.O=C(O)C(=O)O. The van der Waals surface area contributed by atoms with Gasteiger partial charge in [-0.15, -0.1) is 0 Å². The minimum Gasteiger partial charge on any atom is -0.473 e. The quantitative estimate of drug-likeness (QED) is 0.604. The monoisotopic (exact) mass is 447 g/mol. The molecule has 166 valence electrons. The Bertz CT molecular complexity index is 887. The van der Waals surface area contributed by atoms with E-state index in [1.165, 1.54) is 5.69 Å². The van der Waals surface area contributed by atoms with Gasteiger partial charge in [0.1, 0.15) is 0 Å². The van der Waals surface area contributed by atoms with Crippen molar-refractivity contribution in [2.75, 3.05) is 42.9 Å². The summed E-state index contributed by atoms with van der Waals surface area (Å²) in [5.41, 5.74) is 2.98. The van der Waals surface area contributed by atoms with E-state index in [0.29, 0.717) is 11.4 Å². The number of aliphatic carboxylic acids is 2. The number of nitrogens with one attached hydrogen (secondary N) is 1. The fourth-order valence-electron chi connectivity index (χ4n) is 3.08. The Morgan fingerprint density at radius 1 is 0.935 bits per heavy atom. The van der Waals surface area contributed by atoms with Crippen LogP contribution in [-0.2, 0) is 14.4 Å². The van der Waals surface area contributed by atoms with E-state index in [-0.39, 0.29) is 5.91 Å². The van der Waals surface area contributed by atoms with Crippen LogP contribution < -0.4 is 10.2 Å². The van der Waals surface area contributed by atoms with E-state index in [0.717, 1.165) is 44.0 Å². The van der Waals surface area contributed by atoms with E-state index in [9.17, 15) is 4.79 Å². The molecule has 0 aromatic heterocycles. The minimum absolute atomic E-state index is 0.0378. The zero-order chi connectivity index (χ0) is 22.8. The van der Waals surface area contributed by atoms with Crippen LogP contribution in [0.4, 0.5) is 11.4 Å². The summed E-state index contributed by atoms with van der Waals surface area (Å²) < 4.78 is 0. The first-order valence-electron chi connectivity index (χ1n) is 9.81. The number of hydrogen-bond donors (Lipinski definition) is 3. The molecule has 3 N–H and O–H groups in total. The molecule has 1 saturated heterocycles. The lowest BCUT2D eigenvalue weighted by atomic mass is 10.2. The lowest BCUT2D eigenvalue weighted by Gasteiger charge is -2.36. The number of carboxylic acids is 2. The zero-order valence-electron chi connectivity index (χ0n) is 17.3.